The van der Waals surface area contributed by atoms with Gasteiger partial charge in [-0.15, -0.1) is 0 Å². The molecule has 0 radical (unpaired) electrons. The number of carboxylic acid groups (broad SMARTS) is 1. The van der Waals surface area contributed by atoms with E-state index in [0.29, 0.717) is 17.3 Å². The highest BCUT2D eigenvalue weighted by atomic mass is 35.5. The Labute approximate surface area is 132 Å². The lowest BCUT2D eigenvalue weighted by Crippen LogP contribution is -2.77. The summed E-state index contributed by atoms with van der Waals surface area (Å²) in [5.74, 6) is 0.439. The molecular formula is C15H17ClN2O4. The van der Waals surface area contributed by atoms with Crippen LogP contribution in [0.3, 0.4) is 0 Å². The molecule has 0 spiro atoms. The van der Waals surface area contributed by atoms with Gasteiger partial charge in [-0.1, -0.05) is 11.6 Å². The number of amides is 2. The average Bonchev–Trinajstić information content (AvgIpc) is 2.39. The van der Waals surface area contributed by atoms with Crippen molar-refractivity contribution >= 4 is 23.6 Å². The second-order valence-electron chi connectivity index (χ2n) is 6.26. The van der Waals surface area contributed by atoms with Crippen LogP contribution < -0.4 is 15.4 Å². The minimum absolute atomic E-state index is 0.0379. The van der Waals surface area contributed by atoms with Crippen molar-refractivity contribution in [2.45, 2.75) is 24.8 Å². The quantitative estimate of drug-likeness (QED) is 0.747. The number of carbonyl (C=O) groups is 2. The molecule has 2 amide bonds. The van der Waals surface area contributed by atoms with Crippen molar-refractivity contribution in [3.63, 3.8) is 0 Å². The van der Waals surface area contributed by atoms with Crippen LogP contribution in [0.2, 0.25) is 5.02 Å². The zero-order valence-electron chi connectivity index (χ0n) is 11.9. The van der Waals surface area contributed by atoms with E-state index in [0.717, 1.165) is 19.3 Å². The molecule has 3 aliphatic carbocycles. The number of carbonyl (C=O) groups excluding carboxylic acids is 1. The van der Waals surface area contributed by atoms with Gasteiger partial charge in [0.25, 0.3) is 5.91 Å². The van der Waals surface area contributed by atoms with Crippen LogP contribution in [0.25, 0.3) is 0 Å². The molecule has 3 aliphatic rings. The first-order chi connectivity index (χ1) is 10.4. The highest BCUT2D eigenvalue weighted by Crippen LogP contribution is 2.66. The lowest BCUT2D eigenvalue weighted by molar-refractivity contribution is -0.163. The zero-order chi connectivity index (χ0) is 15.8. The molecule has 1 aromatic rings. The van der Waals surface area contributed by atoms with E-state index in [1.807, 2.05) is 0 Å². The number of hydrogen-bond donors (Lipinski definition) is 3. The number of nitrogens with one attached hydrogen (secondary N) is 2. The fraction of sp³-hybridized carbons (Fsp3) is 0.467. The maximum Gasteiger partial charge on any atom is 0.404 e. The van der Waals surface area contributed by atoms with Crippen LogP contribution in [-0.2, 0) is 4.79 Å². The highest BCUT2D eigenvalue weighted by molar-refractivity contribution is 6.30. The molecule has 118 valence electrons. The minimum Gasteiger partial charge on any atom is -0.484 e. The van der Waals surface area contributed by atoms with Crippen molar-refractivity contribution in [2.75, 3.05) is 13.2 Å². The van der Waals surface area contributed by atoms with Gasteiger partial charge >= 0.3 is 6.09 Å². The summed E-state index contributed by atoms with van der Waals surface area (Å²) < 4.78 is 5.40. The van der Waals surface area contributed by atoms with Crippen LogP contribution in [0, 0.1) is 5.41 Å². The minimum atomic E-state index is -1.00. The molecule has 0 unspecified atom stereocenters. The summed E-state index contributed by atoms with van der Waals surface area (Å²) in [6.07, 6.45) is 1.48. The van der Waals surface area contributed by atoms with Crippen LogP contribution in [0.5, 0.6) is 5.75 Å². The van der Waals surface area contributed by atoms with E-state index < -0.39 is 6.09 Å². The summed E-state index contributed by atoms with van der Waals surface area (Å²) in [4.78, 5) is 22.4. The predicted molar refractivity (Wildman–Crippen MR) is 80.1 cm³/mol. The summed E-state index contributed by atoms with van der Waals surface area (Å²) in [5, 5.41) is 14.6. The maximum atomic E-state index is 11.9. The first-order valence-electron chi connectivity index (χ1n) is 7.07. The maximum absolute atomic E-state index is 11.9. The lowest BCUT2D eigenvalue weighted by atomic mass is 9.39. The third-order valence-electron chi connectivity index (χ3n) is 4.34. The summed E-state index contributed by atoms with van der Waals surface area (Å²) >= 11 is 5.77. The van der Waals surface area contributed by atoms with Gasteiger partial charge in [0.1, 0.15) is 5.75 Å². The molecular weight excluding hydrogens is 308 g/mol. The Kier molecular flexibility index (Phi) is 3.64. The van der Waals surface area contributed by atoms with E-state index in [-0.39, 0.29) is 23.5 Å². The molecule has 0 heterocycles. The van der Waals surface area contributed by atoms with Crippen molar-refractivity contribution in [2.24, 2.45) is 5.41 Å². The van der Waals surface area contributed by atoms with Gasteiger partial charge in [0, 0.05) is 17.1 Å². The molecule has 0 saturated heterocycles. The average molecular weight is 325 g/mol. The standard InChI is InChI=1S/C15H17ClN2O4/c16-10-1-3-11(4-2-10)22-5-12(19)18-15-6-14(7-15,8-15)9-17-13(20)21/h1-4,17H,5-9H2,(H,18,19)(H,20,21). The topological polar surface area (TPSA) is 87.7 Å². The van der Waals surface area contributed by atoms with Crippen molar-refractivity contribution in [1.29, 1.82) is 0 Å². The van der Waals surface area contributed by atoms with E-state index in [9.17, 15) is 9.59 Å². The number of ether oxygens (including phenoxy) is 1. The molecule has 6 nitrogen and oxygen atoms in total. The monoisotopic (exact) mass is 324 g/mol. The summed E-state index contributed by atoms with van der Waals surface area (Å²) in [6.45, 7) is 0.422. The van der Waals surface area contributed by atoms with Gasteiger partial charge in [-0.25, -0.2) is 4.79 Å². The molecule has 1 aromatic carbocycles. The first-order valence-corrected chi connectivity index (χ1v) is 7.44. The SMILES string of the molecule is O=C(O)NCC12CC(NC(=O)COc3ccc(Cl)cc3)(C1)C2. The third kappa shape index (κ3) is 2.97. The molecule has 0 atom stereocenters. The van der Waals surface area contributed by atoms with Crippen LogP contribution in [0.15, 0.2) is 24.3 Å². The van der Waals surface area contributed by atoms with Gasteiger partial charge in [0.15, 0.2) is 6.61 Å². The van der Waals surface area contributed by atoms with Gasteiger partial charge < -0.3 is 20.5 Å². The molecule has 3 fully saturated rings. The molecule has 3 N–H and O–H groups in total. The van der Waals surface area contributed by atoms with Crippen molar-refractivity contribution in [3.05, 3.63) is 29.3 Å². The second-order valence-corrected chi connectivity index (χ2v) is 6.70. The number of halogens is 1. The summed E-state index contributed by atoms with van der Waals surface area (Å²) in [6, 6.07) is 6.83. The Hall–Kier alpha value is -1.95. The van der Waals surface area contributed by atoms with Crippen LogP contribution in [0.1, 0.15) is 19.3 Å². The third-order valence-corrected chi connectivity index (χ3v) is 4.59. The largest absolute Gasteiger partial charge is 0.484 e. The first kappa shape index (κ1) is 15.0. The van der Waals surface area contributed by atoms with Gasteiger partial charge in [-0.2, -0.15) is 0 Å². The Morgan fingerprint density at radius 2 is 1.86 bits per heavy atom. The number of rotatable bonds is 6. The molecule has 3 saturated carbocycles. The molecule has 22 heavy (non-hydrogen) atoms. The molecule has 2 bridgehead atoms. The molecule has 4 rings (SSSR count). The van der Waals surface area contributed by atoms with Crippen LogP contribution in [-0.4, -0.2) is 35.8 Å². The van der Waals surface area contributed by atoms with E-state index in [1.165, 1.54) is 0 Å². The van der Waals surface area contributed by atoms with E-state index in [2.05, 4.69) is 10.6 Å². The highest BCUT2D eigenvalue weighted by Gasteiger charge is 2.68. The van der Waals surface area contributed by atoms with Crippen LogP contribution >= 0.6 is 11.6 Å². The zero-order valence-corrected chi connectivity index (χ0v) is 12.7. The van der Waals surface area contributed by atoms with Gasteiger partial charge in [0.2, 0.25) is 0 Å². The van der Waals surface area contributed by atoms with E-state index in [1.54, 1.807) is 24.3 Å². The van der Waals surface area contributed by atoms with Gasteiger partial charge in [-0.05, 0) is 48.9 Å². The van der Waals surface area contributed by atoms with Crippen molar-refractivity contribution in [1.82, 2.24) is 10.6 Å². The van der Waals surface area contributed by atoms with Gasteiger partial charge in [-0.3, -0.25) is 4.79 Å². The van der Waals surface area contributed by atoms with E-state index >= 15 is 0 Å². The number of benzene rings is 1. The Balaban J connectivity index is 1.39. The Morgan fingerprint density at radius 1 is 1.23 bits per heavy atom. The molecule has 0 aromatic heterocycles. The molecule has 7 heteroatoms. The predicted octanol–water partition coefficient (Wildman–Crippen LogP) is 2.03. The summed E-state index contributed by atoms with van der Waals surface area (Å²) in [5.41, 5.74) is -0.108. The fourth-order valence-electron chi connectivity index (χ4n) is 3.59. The van der Waals surface area contributed by atoms with Gasteiger partial charge in [0.05, 0.1) is 0 Å². The normalized spacial score (nSPS) is 28.0. The summed E-state index contributed by atoms with van der Waals surface area (Å²) in [7, 11) is 0. The lowest BCUT2D eigenvalue weighted by Gasteiger charge is -2.70. The van der Waals surface area contributed by atoms with Crippen LogP contribution in [0.4, 0.5) is 4.79 Å². The molecule has 0 aliphatic heterocycles. The smallest absolute Gasteiger partial charge is 0.404 e. The van der Waals surface area contributed by atoms with Crippen molar-refractivity contribution < 1.29 is 19.4 Å². The Bertz CT molecular complexity index is 582. The number of hydrogen-bond acceptors (Lipinski definition) is 3. The van der Waals surface area contributed by atoms with Crippen molar-refractivity contribution in [3.8, 4) is 5.75 Å². The second kappa shape index (κ2) is 5.35. The van der Waals surface area contributed by atoms with E-state index in [4.69, 9.17) is 21.4 Å². The fourth-order valence-corrected chi connectivity index (χ4v) is 3.72. The Morgan fingerprint density at radius 3 is 2.45 bits per heavy atom.